The Morgan fingerprint density at radius 3 is 2.29 bits per heavy atom. The van der Waals surface area contributed by atoms with Crippen LogP contribution >= 0.6 is 0 Å². The third kappa shape index (κ3) is 1.84. The maximum absolute atomic E-state index is 6.60. The molecule has 0 aromatic heterocycles. The molecule has 0 spiro atoms. The van der Waals surface area contributed by atoms with Crippen LogP contribution in [0.15, 0.2) is 0 Å². The molecule has 17 heavy (non-hydrogen) atoms. The fraction of sp³-hybridized carbons (Fsp3) is 1.00. The summed E-state index contributed by atoms with van der Waals surface area (Å²) in [5.41, 5.74) is 0.512. The molecule has 4 unspecified atom stereocenters. The Labute approximate surface area is 105 Å². The first kappa shape index (κ1) is 12.0. The summed E-state index contributed by atoms with van der Waals surface area (Å²) in [6, 6.07) is 0. The molecule has 3 fully saturated rings. The summed E-state index contributed by atoms with van der Waals surface area (Å²) in [5, 5.41) is 0. The van der Waals surface area contributed by atoms with Gasteiger partial charge in [-0.25, -0.2) is 0 Å². The van der Waals surface area contributed by atoms with Gasteiger partial charge in [-0.1, -0.05) is 20.3 Å². The molecule has 0 amide bonds. The second kappa shape index (κ2) is 3.48. The Kier molecular flexibility index (Phi) is 2.45. The van der Waals surface area contributed by atoms with Gasteiger partial charge < -0.3 is 9.47 Å². The van der Waals surface area contributed by atoms with Crippen LogP contribution in [0.25, 0.3) is 0 Å². The summed E-state index contributed by atoms with van der Waals surface area (Å²) in [6.45, 7) is 10.4. The van der Waals surface area contributed by atoms with E-state index in [1.165, 1.54) is 32.1 Å². The first-order valence-electron chi connectivity index (χ1n) is 7.18. The third-order valence-electron chi connectivity index (χ3n) is 5.58. The SMILES string of the molecule is CC1(C)CCCC2(C)OC(C)(C3CO3)CCC12. The van der Waals surface area contributed by atoms with Crippen molar-refractivity contribution in [2.45, 2.75) is 77.1 Å². The molecule has 0 aromatic carbocycles. The predicted octanol–water partition coefficient (Wildman–Crippen LogP) is 3.54. The average Bonchev–Trinajstić information content (AvgIpc) is 2.97. The van der Waals surface area contributed by atoms with Gasteiger partial charge in [0.05, 0.1) is 17.8 Å². The third-order valence-corrected chi connectivity index (χ3v) is 5.58. The van der Waals surface area contributed by atoms with Crippen molar-refractivity contribution in [3.8, 4) is 0 Å². The maximum Gasteiger partial charge on any atom is 0.110 e. The lowest BCUT2D eigenvalue weighted by atomic mass is 9.58. The minimum atomic E-state index is -0.0152. The summed E-state index contributed by atoms with van der Waals surface area (Å²) in [5.74, 6) is 0.718. The lowest BCUT2D eigenvalue weighted by Crippen LogP contribution is -2.58. The molecule has 2 heteroatoms. The van der Waals surface area contributed by atoms with Gasteiger partial charge in [-0.3, -0.25) is 0 Å². The summed E-state index contributed by atoms with van der Waals surface area (Å²) >= 11 is 0. The van der Waals surface area contributed by atoms with Crippen LogP contribution in [0.3, 0.4) is 0 Å². The van der Waals surface area contributed by atoms with Crippen molar-refractivity contribution in [3.05, 3.63) is 0 Å². The Morgan fingerprint density at radius 1 is 0.941 bits per heavy atom. The smallest absolute Gasteiger partial charge is 0.110 e. The molecule has 0 bridgehead atoms. The van der Waals surface area contributed by atoms with Crippen LogP contribution in [-0.4, -0.2) is 23.9 Å². The zero-order chi connectivity index (χ0) is 12.3. The van der Waals surface area contributed by atoms with E-state index in [4.69, 9.17) is 9.47 Å². The van der Waals surface area contributed by atoms with E-state index in [2.05, 4.69) is 27.7 Å². The van der Waals surface area contributed by atoms with Crippen molar-refractivity contribution in [1.29, 1.82) is 0 Å². The van der Waals surface area contributed by atoms with E-state index in [0.29, 0.717) is 11.5 Å². The molecule has 3 rings (SSSR count). The number of fused-ring (bicyclic) bond motifs is 1. The minimum absolute atomic E-state index is 0.0152. The minimum Gasteiger partial charge on any atom is -0.370 e. The molecule has 2 saturated heterocycles. The van der Waals surface area contributed by atoms with E-state index < -0.39 is 0 Å². The molecule has 4 atom stereocenters. The molecule has 2 nitrogen and oxygen atoms in total. The average molecular weight is 238 g/mol. The highest BCUT2D eigenvalue weighted by Gasteiger charge is 2.57. The Balaban J connectivity index is 1.84. The maximum atomic E-state index is 6.60. The van der Waals surface area contributed by atoms with E-state index in [9.17, 15) is 0 Å². The van der Waals surface area contributed by atoms with Gasteiger partial charge in [-0.2, -0.15) is 0 Å². The van der Waals surface area contributed by atoms with Crippen LogP contribution in [0.4, 0.5) is 0 Å². The predicted molar refractivity (Wildman–Crippen MR) is 68.0 cm³/mol. The van der Waals surface area contributed by atoms with Gasteiger partial charge in [-0.05, 0) is 50.9 Å². The highest BCUT2D eigenvalue weighted by Crippen LogP contribution is 2.56. The topological polar surface area (TPSA) is 21.8 Å². The van der Waals surface area contributed by atoms with E-state index in [0.717, 1.165) is 12.5 Å². The first-order chi connectivity index (χ1) is 7.86. The van der Waals surface area contributed by atoms with Crippen molar-refractivity contribution >= 4 is 0 Å². The van der Waals surface area contributed by atoms with Gasteiger partial charge in [0.2, 0.25) is 0 Å². The molecule has 0 N–H and O–H groups in total. The lowest BCUT2D eigenvalue weighted by molar-refractivity contribution is -0.243. The summed E-state index contributed by atoms with van der Waals surface area (Å²) in [4.78, 5) is 0. The van der Waals surface area contributed by atoms with Gasteiger partial charge >= 0.3 is 0 Å². The number of epoxide rings is 1. The van der Waals surface area contributed by atoms with E-state index in [-0.39, 0.29) is 11.2 Å². The molecular weight excluding hydrogens is 212 g/mol. The number of hydrogen-bond donors (Lipinski definition) is 0. The van der Waals surface area contributed by atoms with Crippen molar-refractivity contribution in [2.75, 3.05) is 6.61 Å². The van der Waals surface area contributed by atoms with Crippen molar-refractivity contribution < 1.29 is 9.47 Å². The largest absolute Gasteiger partial charge is 0.370 e. The molecule has 2 heterocycles. The highest BCUT2D eigenvalue weighted by molar-refractivity contribution is 5.06. The fourth-order valence-electron chi connectivity index (χ4n) is 4.53. The van der Waals surface area contributed by atoms with E-state index >= 15 is 0 Å². The molecular formula is C15H26O2. The van der Waals surface area contributed by atoms with E-state index in [1.54, 1.807) is 0 Å². The second-order valence-corrected chi connectivity index (χ2v) is 7.48. The molecule has 1 aliphatic carbocycles. The zero-order valence-electron chi connectivity index (χ0n) is 11.7. The quantitative estimate of drug-likeness (QED) is 0.652. The summed E-state index contributed by atoms with van der Waals surface area (Å²) in [7, 11) is 0. The van der Waals surface area contributed by atoms with Crippen LogP contribution in [0.1, 0.15) is 59.8 Å². The molecule has 2 aliphatic heterocycles. The van der Waals surface area contributed by atoms with Gasteiger partial charge in [0.15, 0.2) is 0 Å². The Hall–Kier alpha value is -0.0800. The van der Waals surface area contributed by atoms with Crippen LogP contribution in [0.5, 0.6) is 0 Å². The zero-order valence-corrected chi connectivity index (χ0v) is 11.7. The number of hydrogen-bond acceptors (Lipinski definition) is 2. The normalized spacial score (nSPS) is 52.9. The standard InChI is InChI=1S/C15H26O2/c1-13(2)7-5-8-14(3)11(13)6-9-15(4,17-14)12-10-16-12/h11-12H,5-10H2,1-4H3. The Bertz CT molecular complexity index is 321. The van der Waals surface area contributed by atoms with Crippen molar-refractivity contribution in [3.63, 3.8) is 0 Å². The van der Waals surface area contributed by atoms with Gasteiger partial charge in [0, 0.05) is 0 Å². The van der Waals surface area contributed by atoms with Crippen LogP contribution in [0, 0.1) is 11.3 Å². The summed E-state index contributed by atoms with van der Waals surface area (Å²) < 4.78 is 12.1. The molecule has 1 saturated carbocycles. The fourth-order valence-corrected chi connectivity index (χ4v) is 4.53. The first-order valence-corrected chi connectivity index (χ1v) is 7.18. The van der Waals surface area contributed by atoms with Crippen LogP contribution in [-0.2, 0) is 9.47 Å². The Morgan fingerprint density at radius 2 is 1.65 bits per heavy atom. The number of ether oxygens (including phenoxy) is 2. The second-order valence-electron chi connectivity index (χ2n) is 7.48. The van der Waals surface area contributed by atoms with Crippen LogP contribution < -0.4 is 0 Å². The van der Waals surface area contributed by atoms with Gasteiger partial charge in [0.1, 0.15) is 6.10 Å². The summed E-state index contributed by atoms with van der Waals surface area (Å²) in [6.07, 6.45) is 6.73. The monoisotopic (exact) mass is 238 g/mol. The molecule has 0 radical (unpaired) electrons. The molecule has 98 valence electrons. The number of rotatable bonds is 1. The van der Waals surface area contributed by atoms with Gasteiger partial charge in [0.25, 0.3) is 0 Å². The van der Waals surface area contributed by atoms with Crippen LogP contribution in [0.2, 0.25) is 0 Å². The van der Waals surface area contributed by atoms with Crippen molar-refractivity contribution in [2.24, 2.45) is 11.3 Å². The molecule has 3 aliphatic rings. The van der Waals surface area contributed by atoms with E-state index in [1.807, 2.05) is 0 Å². The molecule has 0 aromatic rings. The van der Waals surface area contributed by atoms with Crippen molar-refractivity contribution in [1.82, 2.24) is 0 Å². The van der Waals surface area contributed by atoms with Gasteiger partial charge in [-0.15, -0.1) is 0 Å². The lowest BCUT2D eigenvalue weighted by Gasteiger charge is -2.57. The highest BCUT2D eigenvalue weighted by atomic mass is 16.6.